The summed E-state index contributed by atoms with van der Waals surface area (Å²) in [5.41, 5.74) is 10.7. The number of nitrogens with zero attached hydrogens (tertiary/aromatic N) is 1. The summed E-state index contributed by atoms with van der Waals surface area (Å²) < 4.78 is 2.57. The molecule has 0 aliphatic heterocycles. The van der Waals surface area contributed by atoms with Crippen molar-refractivity contribution in [3.05, 3.63) is 273 Å². The van der Waals surface area contributed by atoms with Crippen LogP contribution in [-0.4, -0.2) is 0 Å². The molecule has 0 unspecified atom stereocenters. The van der Waals surface area contributed by atoms with Crippen molar-refractivity contribution in [2.75, 3.05) is 4.90 Å². The largest absolute Gasteiger partial charge is 0.309 e. The lowest BCUT2D eigenvalue weighted by molar-refractivity contribution is 1.24. The minimum Gasteiger partial charge on any atom is -0.309 e. The smallest absolute Gasteiger partial charge is 0.0640 e. The summed E-state index contributed by atoms with van der Waals surface area (Å²) in [7, 11) is -1.77. The van der Waals surface area contributed by atoms with Gasteiger partial charge in [-0.1, -0.05) is 194 Å². The van der Waals surface area contributed by atoms with Gasteiger partial charge < -0.3 is 4.90 Å². The summed E-state index contributed by atoms with van der Waals surface area (Å²) in [6.45, 7) is 0. The molecule has 0 saturated carbocycles. The van der Waals surface area contributed by atoms with Crippen LogP contribution in [0.5, 0.6) is 0 Å². The molecule has 0 fully saturated rings. The summed E-state index contributed by atoms with van der Waals surface area (Å²) in [5.74, 6) is 0. The molecule has 0 aliphatic carbocycles. The molecule has 0 atom stereocenters. The highest BCUT2D eigenvalue weighted by atomic mass is 32.3. The number of thiophene rings is 1. The molecule has 3 heteroatoms. The molecule has 1 aromatic heterocycles. The Kier molecular flexibility index (Phi) is 10.6. The summed E-state index contributed by atoms with van der Waals surface area (Å²) in [4.78, 5) is 7.71. The van der Waals surface area contributed by atoms with E-state index in [0.29, 0.717) is 0 Å². The van der Waals surface area contributed by atoms with E-state index in [1.165, 1.54) is 83.9 Å². The van der Waals surface area contributed by atoms with Crippen LogP contribution in [0.3, 0.4) is 0 Å². The Hall–Kier alpha value is -7.95. The molecule has 318 valence electrons. The van der Waals surface area contributed by atoms with Crippen LogP contribution in [0.25, 0.3) is 64.3 Å². The van der Waals surface area contributed by atoms with Crippen LogP contribution in [0.1, 0.15) is 0 Å². The predicted octanol–water partition coefficient (Wildman–Crippen LogP) is 19.0. The van der Waals surface area contributed by atoms with Gasteiger partial charge in [0.1, 0.15) is 0 Å². The Morgan fingerprint density at radius 2 is 0.672 bits per heavy atom. The maximum absolute atomic E-state index is 2.44. The zero-order chi connectivity index (χ0) is 44.6. The summed E-state index contributed by atoms with van der Waals surface area (Å²) >= 11 is 1.89. The number of hydrogen-bond donors (Lipinski definition) is 0. The predicted molar refractivity (Wildman–Crippen MR) is 288 cm³/mol. The molecule has 0 aliphatic rings. The normalized spacial score (nSPS) is 11.8. The van der Waals surface area contributed by atoms with Crippen molar-refractivity contribution in [3.8, 4) is 33.4 Å². The first-order valence-corrected chi connectivity index (χ1v) is 25.3. The van der Waals surface area contributed by atoms with Gasteiger partial charge in [-0.25, -0.2) is 0 Å². The maximum Gasteiger partial charge on any atom is 0.0640 e. The molecule has 1 heterocycles. The van der Waals surface area contributed by atoms with E-state index in [0.717, 1.165) is 17.1 Å². The first-order chi connectivity index (χ1) is 33.2. The van der Waals surface area contributed by atoms with E-state index >= 15 is 0 Å². The van der Waals surface area contributed by atoms with Crippen LogP contribution in [0.4, 0.5) is 17.1 Å². The third-order valence-corrected chi connectivity index (χ3v) is 18.2. The van der Waals surface area contributed by atoms with Gasteiger partial charge in [-0.15, -0.1) is 21.4 Å². The van der Waals surface area contributed by atoms with Gasteiger partial charge >= 0.3 is 0 Å². The van der Waals surface area contributed by atoms with E-state index in [4.69, 9.17) is 0 Å². The summed E-state index contributed by atoms with van der Waals surface area (Å²) in [6, 6.07) is 100. The minimum atomic E-state index is -1.77. The highest BCUT2D eigenvalue weighted by Gasteiger charge is 2.33. The molecule has 0 bridgehead atoms. The Balaban J connectivity index is 0.970. The summed E-state index contributed by atoms with van der Waals surface area (Å²) in [5, 5.41) is 5.06. The molecule has 0 spiro atoms. The minimum absolute atomic E-state index is 1.10. The average molecular weight is 892 g/mol. The van der Waals surface area contributed by atoms with Crippen LogP contribution >= 0.6 is 21.4 Å². The zero-order valence-electron chi connectivity index (χ0n) is 36.7. The fraction of sp³-hybridized carbons (Fsp3) is 0. The second-order valence-corrected chi connectivity index (χ2v) is 21.0. The summed E-state index contributed by atoms with van der Waals surface area (Å²) in [6.07, 6.45) is 0. The second kappa shape index (κ2) is 17.5. The molecule has 11 aromatic carbocycles. The fourth-order valence-corrected chi connectivity index (χ4v) is 15.1. The van der Waals surface area contributed by atoms with Crippen molar-refractivity contribution in [1.29, 1.82) is 0 Å². The highest BCUT2D eigenvalue weighted by molar-refractivity contribution is 8.34. The lowest BCUT2D eigenvalue weighted by Crippen LogP contribution is -2.10. The molecular weight excluding hydrogens is 847 g/mol. The first kappa shape index (κ1) is 40.6. The van der Waals surface area contributed by atoms with Crippen LogP contribution in [0.15, 0.2) is 293 Å². The van der Waals surface area contributed by atoms with Gasteiger partial charge in [0.05, 0.1) is 10.4 Å². The topological polar surface area (TPSA) is 3.24 Å². The van der Waals surface area contributed by atoms with Crippen molar-refractivity contribution >= 4 is 69.4 Å². The maximum atomic E-state index is 2.44. The van der Waals surface area contributed by atoms with Crippen molar-refractivity contribution in [2.45, 2.75) is 19.6 Å². The SMILES string of the molecule is c1ccc(-c2cccc3c2sc2c(N(c4ccc(-c5ccc(S(c6ccccc6)(c6ccccc6)c6ccccc6)cc5)cc4)c4ccc(-c5cccc6ccccc56)cc4)cccc23)cc1. The highest BCUT2D eigenvalue weighted by Crippen LogP contribution is 2.73. The lowest BCUT2D eigenvalue weighted by Gasteiger charge is -2.42. The molecule has 12 aromatic rings. The van der Waals surface area contributed by atoms with Gasteiger partial charge in [-0.2, -0.15) is 0 Å². The molecule has 67 heavy (non-hydrogen) atoms. The van der Waals surface area contributed by atoms with Gasteiger partial charge in [0.2, 0.25) is 0 Å². The Bertz CT molecular complexity index is 3540. The molecule has 1 nitrogen and oxygen atoms in total. The molecule has 0 amide bonds. The van der Waals surface area contributed by atoms with Gasteiger partial charge in [0, 0.05) is 46.4 Å². The standard InChI is InChI=1S/C64H45NS2/c1-5-18-49(19-6-1)59-30-16-31-60-61-32-17-33-62(64(61)66-63(59)60)65(52-42-36-50(37-43-52)58-29-15-21-48-20-13-14-28-57(48)58)51-40-34-46(35-41-51)47-38-44-56(45-39-47)67(53-22-7-2-8-23-53,54-24-9-3-10-25-54)55-26-11-4-12-27-55/h1-45H. The Labute approximate surface area is 397 Å². The van der Waals surface area contributed by atoms with Crippen LogP contribution in [0.2, 0.25) is 0 Å². The van der Waals surface area contributed by atoms with E-state index in [1.807, 2.05) is 11.3 Å². The third-order valence-electron chi connectivity index (χ3n) is 13.0. The van der Waals surface area contributed by atoms with Crippen molar-refractivity contribution in [3.63, 3.8) is 0 Å². The van der Waals surface area contributed by atoms with E-state index in [-0.39, 0.29) is 0 Å². The average Bonchev–Trinajstić information content (AvgIpc) is 3.81. The number of fused-ring (bicyclic) bond motifs is 4. The van der Waals surface area contributed by atoms with Gasteiger partial charge in [0.15, 0.2) is 0 Å². The van der Waals surface area contributed by atoms with E-state index < -0.39 is 10.0 Å². The van der Waals surface area contributed by atoms with Crippen molar-refractivity contribution < 1.29 is 0 Å². The number of hydrogen-bond acceptors (Lipinski definition) is 2. The molecular formula is C64H45NS2. The van der Waals surface area contributed by atoms with Crippen molar-refractivity contribution in [1.82, 2.24) is 0 Å². The van der Waals surface area contributed by atoms with Gasteiger partial charge in [-0.3, -0.25) is 0 Å². The molecule has 0 N–H and O–H groups in total. The molecule has 12 rings (SSSR count). The zero-order valence-corrected chi connectivity index (χ0v) is 38.4. The quantitative estimate of drug-likeness (QED) is 0.132. The van der Waals surface area contributed by atoms with E-state index in [9.17, 15) is 0 Å². The third kappa shape index (κ3) is 7.21. The van der Waals surface area contributed by atoms with Gasteiger partial charge in [-0.05, 0) is 123 Å². The first-order valence-electron chi connectivity index (χ1n) is 22.8. The second-order valence-electron chi connectivity index (χ2n) is 16.8. The van der Waals surface area contributed by atoms with Crippen molar-refractivity contribution in [2.24, 2.45) is 0 Å². The van der Waals surface area contributed by atoms with Crippen LogP contribution in [-0.2, 0) is 0 Å². The lowest BCUT2D eigenvalue weighted by atomic mass is 9.98. The number of rotatable bonds is 10. The van der Waals surface area contributed by atoms with E-state index in [2.05, 4.69) is 278 Å². The molecule has 0 radical (unpaired) electrons. The Morgan fingerprint density at radius 1 is 0.269 bits per heavy atom. The fourth-order valence-electron chi connectivity index (χ4n) is 9.87. The number of benzene rings is 11. The molecule has 0 saturated heterocycles. The van der Waals surface area contributed by atoms with E-state index in [1.54, 1.807) is 0 Å². The Morgan fingerprint density at radius 3 is 1.27 bits per heavy atom. The van der Waals surface area contributed by atoms with Crippen LogP contribution < -0.4 is 4.90 Å². The van der Waals surface area contributed by atoms with Gasteiger partial charge in [0.25, 0.3) is 0 Å². The monoisotopic (exact) mass is 891 g/mol. The van der Waals surface area contributed by atoms with Crippen LogP contribution in [0, 0.1) is 0 Å². The number of anilines is 3.